The number of hydrogen-bond donors (Lipinski definition) is 2. The summed E-state index contributed by atoms with van der Waals surface area (Å²) in [5, 5.41) is 15.8. The van der Waals surface area contributed by atoms with Gasteiger partial charge in [0.2, 0.25) is 0 Å². The van der Waals surface area contributed by atoms with Crippen LogP contribution in [0, 0.1) is 6.92 Å². The van der Waals surface area contributed by atoms with Crippen molar-refractivity contribution >= 4 is 0 Å². The van der Waals surface area contributed by atoms with E-state index in [9.17, 15) is 0 Å². The van der Waals surface area contributed by atoms with E-state index in [-0.39, 0.29) is 6.10 Å². The lowest BCUT2D eigenvalue weighted by molar-refractivity contribution is 0.190. The van der Waals surface area contributed by atoms with Crippen LogP contribution in [0.4, 0.5) is 0 Å². The second kappa shape index (κ2) is 4.23. The van der Waals surface area contributed by atoms with Gasteiger partial charge < -0.3 is 14.9 Å². The van der Waals surface area contributed by atoms with Gasteiger partial charge in [0.25, 0.3) is 0 Å². The van der Waals surface area contributed by atoms with Crippen molar-refractivity contribution in [3.63, 3.8) is 0 Å². The van der Waals surface area contributed by atoms with E-state index in [1.165, 1.54) is 0 Å². The van der Waals surface area contributed by atoms with E-state index in [1.807, 2.05) is 13.0 Å². The third-order valence-electron chi connectivity index (χ3n) is 1.42. The van der Waals surface area contributed by atoms with Gasteiger partial charge in [0.1, 0.15) is 5.76 Å². The highest BCUT2D eigenvalue weighted by Crippen LogP contribution is 2.00. The summed E-state index contributed by atoms with van der Waals surface area (Å²) in [6, 6.07) is 1.87. The van der Waals surface area contributed by atoms with Crippen LogP contribution in [-0.2, 0) is 6.54 Å². The molecule has 68 valence electrons. The first-order chi connectivity index (χ1) is 5.68. The van der Waals surface area contributed by atoms with E-state index in [4.69, 9.17) is 9.63 Å². The molecule has 0 spiro atoms. The van der Waals surface area contributed by atoms with E-state index >= 15 is 0 Å². The second-order valence-corrected chi connectivity index (χ2v) is 2.91. The van der Waals surface area contributed by atoms with Crippen LogP contribution >= 0.6 is 0 Å². The fourth-order valence-corrected chi connectivity index (χ4v) is 0.910. The maximum Gasteiger partial charge on any atom is 0.133 e. The van der Waals surface area contributed by atoms with Gasteiger partial charge in [0.15, 0.2) is 0 Å². The summed E-state index contributed by atoms with van der Waals surface area (Å²) >= 11 is 0. The van der Waals surface area contributed by atoms with Crippen molar-refractivity contribution in [3.05, 3.63) is 17.5 Å². The van der Waals surface area contributed by atoms with E-state index in [1.54, 1.807) is 6.92 Å². The molecule has 0 fully saturated rings. The molecule has 0 saturated carbocycles. The molecular formula is C8H14N2O2. The van der Waals surface area contributed by atoms with Gasteiger partial charge >= 0.3 is 0 Å². The topological polar surface area (TPSA) is 58.3 Å². The average molecular weight is 170 g/mol. The van der Waals surface area contributed by atoms with Crippen LogP contribution in [0.25, 0.3) is 0 Å². The minimum atomic E-state index is -0.321. The average Bonchev–Trinajstić information content (AvgIpc) is 2.35. The highest BCUT2D eigenvalue weighted by molar-refractivity contribution is 5.02. The standard InChI is InChI=1S/C8H14N2O2/c1-6(11)4-9-5-8-3-7(2)12-10-8/h3,6,9,11H,4-5H2,1-2H3. The molecular weight excluding hydrogens is 156 g/mol. The lowest BCUT2D eigenvalue weighted by atomic mass is 10.3. The van der Waals surface area contributed by atoms with Gasteiger partial charge in [-0.2, -0.15) is 0 Å². The molecule has 0 aliphatic heterocycles. The zero-order chi connectivity index (χ0) is 8.97. The predicted octanol–water partition coefficient (Wildman–Crippen LogP) is 0.453. The van der Waals surface area contributed by atoms with Crippen molar-refractivity contribution in [1.82, 2.24) is 10.5 Å². The van der Waals surface area contributed by atoms with Gasteiger partial charge in [-0.25, -0.2) is 0 Å². The van der Waals surface area contributed by atoms with Crippen molar-refractivity contribution in [3.8, 4) is 0 Å². The summed E-state index contributed by atoms with van der Waals surface area (Å²) in [5.41, 5.74) is 0.869. The molecule has 12 heavy (non-hydrogen) atoms. The van der Waals surface area contributed by atoms with E-state index < -0.39 is 0 Å². The second-order valence-electron chi connectivity index (χ2n) is 2.91. The molecule has 1 aromatic rings. The van der Waals surface area contributed by atoms with Gasteiger partial charge in [-0.05, 0) is 13.8 Å². The summed E-state index contributed by atoms with van der Waals surface area (Å²) in [6.07, 6.45) is -0.321. The minimum absolute atomic E-state index is 0.321. The molecule has 1 aromatic heterocycles. The molecule has 0 amide bonds. The molecule has 0 aliphatic rings. The first kappa shape index (κ1) is 9.22. The normalized spacial score (nSPS) is 13.2. The molecule has 1 heterocycles. The Hall–Kier alpha value is -0.870. The van der Waals surface area contributed by atoms with Crippen molar-refractivity contribution in [1.29, 1.82) is 0 Å². The van der Waals surface area contributed by atoms with Crippen LogP contribution in [0.5, 0.6) is 0 Å². The zero-order valence-electron chi connectivity index (χ0n) is 7.37. The first-order valence-corrected chi connectivity index (χ1v) is 3.99. The van der Waals surface area contributed by atoms with Gasteiger partial charge in [0.05, 0.1) is 11.8 Å². The molecule has 4 heteroatoms. The summed E-state index contributed by atoms with van der Waals surface area (Å²) in [6.45, 7) is 4.81. The highest BCUT2D eigenvalue weighted by atomic mass is 16.5. The van der Waals surface area contributed by atoms with Crippen LogP contribution in [-0.4, -0.2) is 22.9 Å². The van der Waals surface area contributed by atoms with Crippen molar-refractivity contribution < 1.29 is 9.63 Å². The number of aliphatic hydroxyl groups excluding tert-OH is 1. The van der Waals surface area contributed by atoms with Crippen molar-refractivity contribution in [2.24, 2.45) is 0 Å². The van der Waals surface area contributed by atoms with Gasteiger partial charge in [-0.3, -0.25) is 0 Å². The fourth-order valence-electron chi connectivity index (χ4n) is 0.910. The molecule has 0 bridgehead atoms. The Morgan fingerprint density at radius 1 is 1.75 bits per heavy atom. The maximum atomic E-state index is 8.93. The molecule has 0 saturated heterocycles. The number of nitrogens with zero attached hydrogens (tertiary/aromatic N) is 1. The Balaban J connectivity index is 2.24. The Labute approximate surface area is 71.6 Å². The van der Waals surface area contributed by atoms with Crippen LogP contribution in [0.1, 0.15) is 18.4 Å². The molecule has 1 rings (SSSR count). The molecule has 0 aliphatic carbocycles. The monoisotopic (exact) mass is 170 g/mol. The Morgan fingerprint density at radius 3 is 3.00 bits per heavy atom. The number of nitrogens with one attached hydrogen (secondary N) is 1. The smallest absolute Gasteiger partial charge is 0.133 e. The maximum absolute atomic E-state index is 8.93. The van der Waals surface area contributed by atoms with Crippen LogP contribution < -0.4 is 5.32 Å². The lowest BCUT2D eigenvalue weighted by Crippen LogP contribution is -2.23. The van der Waals surface area contributed by atoms with Crippen LogP contribution in [0.3, 0.4) is 0 Å². The summed E-state index contributed by atoms with van der Waals surface area (Å²) in [4.78, 5) is 0. The molecule has 2 N–H and O–H groups in total. The molecule has 1 atom stereocenters. The van der Waals surface area contributed by atoms with Gasteiger partial charge in [0, 0.05) is 19.2 Å². The molecule has 0 aromatic carbocycles. The van der Waals surface area contributed by atoms with Crippen molar-refractivity contribution in [2.45, 2.75) is 26.5 Å². The molecule has 4 nitrogen and oxygen atoms in total. The Kier molecular flexibility index (Phi) is 3.25. The lowest BCUT2D eigenvalue weighted by Gasteiger charge is -2.03. The molecule has 0 radical (unpaired) electrons. The molecule has 1 unspecified atom stereocenters. The minimum Gasteiger partial charge on any atom is -0.392 e. The van der Waals surface area contributed by atoms with Crippen LogP contribution in [0.2, 0.25) is 0 Å². The highest BCUT2D eigenvalue weighted by Gasteiger charge is 1.99. The summed E-state index contributed by atoms with van der Waals surface area (Å²) in [5.74, 6) is 0.809. The Morgan fingerprint density at radius 2 is 2.50 bits per heavy atom. The van der Waals surface area contributed by atoms with E-state index in [0.717, 1.165) is 11.5 Å². The zero-order valence-corrected chi connectivity index (χ0v) is 7.37. The van der Waals surface area contributed by atoms with Gasteiger partial charge in [-0.15, -0.1) is 0 Å². The largest absolute Gasteiger partial charge is 0.392 e. The Bertz CT molecular complexity index is 233. The fraction of sp³-hybridized carbons (Fsp3) is 0.625. The van der Waals surface area contributed by atoms with E-state index in [0.29, 0.717) is 13.1 Å². The van der Waals surface area contributed by atoms with Crippen LogP contribution in [0.15, 0.2) is 10.6 Å². The van der Waals surface area contributed by atoms with E-state index in [2.05, 4.69) is 10.5 Å². The SMILES string of the molecule is Cc1cc(CNCC(C)O)no1. The quantitative estimate of drug-likeness (QED) is 0.689. The predicted molar refractivity (Wildman–Crippen MR) is 44.6 cm³/mol. The number of aliphatic hydroxyl groups is 1. The summed E-state index contributed by atoms with van der Waals surface area (Å²) < 4.78 is 4.87. The third kappa shape index (κ3) is 3.02. The first-order valence-electron chi connectivity index (χ1n) is 3.99. The number of hydrogen-bond acceptors (Lipinski definition) is 4. The van der Waals surface area contributed by atoms with Gasteiger partial charge in [-0.1, -0.05) is 5.16 Å². The number of rotatable bonds is 4. The summed E-state index contributed by atoms with van der Waals surface area (Å²) in [7, 11) is 0. The number of aryl methyl sites for hydroxylation is 1. The number of aromatic nitrogens is 1. The van der Waals surface area contributed by atoms with Crippen molar-refractivity contribution in [2.75, 3.05) is 6.54 Å². The third-order valence-corrected chi connectivity index (χ3v) is 1.42.